The lowest BCUT2D eigenvalue weighted by molar-refractivity contribution is 0.425. The van der Waals surface area contributed by atoms with Crippen LogP contribution in [0.25, 0.3) is 11.5 Å². The number of anilines is 1. The summed E-state index contributed by atoms with van der Waals surface area (Å²) in [5.41, 5.74) is 6.71. The van der Waals surface area contributed by atoms with Crippen molar-refractivity contribution in [3.8, 4) is 11.5 Å². The van der Waals surface area contributed by atoms with Gasteiger partial charge in [-0.25, -0.2) is 0 Å². The molecule has 0 aliphatic rings. The Morgan fingerprint density at radius 3 is 2.69 bits per heavy atom. The summed E-state index contributed by atoms with van der Waals surface area (Å²) in [7, 11) is 0. The number of nitrogens with two attached hydrogens (primary N) is 1. The molecule has 2 heterocycles. The van der Waals surface area contributed by atoms with Crippen LogP contribution < -0.4 is 5.73 Å². The van der Waals surface area contributed by atoms with Gasteiger partial charge in [-0.15, -0.1) is 0 Å². The van der Waals surface area contributed by atoms with Gasteiger partial charge in [0.25, 0.3) is 5.89 Å². The van der Waals surface area contributed by atoms with Crippen molar-refractivity contribution in [1.29, 1.82) is 0 Å². The number of rotatable bonds is 1. The molecule has 0 amide bonds. The van der Waals surface area contributed by atoms with Crippen molar-refractivity contribution in [2.75, 3.05) is 5.73 Å². The minimum absolute atomic E-state index is 0.366. The zero-order chi connectivity index (χ0) is 9.26. The van der Waals surface area contributed by atoms with Gasteiger partial charge >= 0.3 is 0 Å². The number of aromatic nitrogens is 4. The number of nitrogen functional groups attached to an aromatic ring is 1. The molecule has 0 aromatic carbocycles. The Bertz CT molecular complexity index is 424. The Kier molecular flexibility index (Phi) is 1.66. The van der Waals surface area contributed by atoms with Gasteiger partial charge in [0.15, 0.2) is 5.82 Å². The molecule has 0 saturated heterocycles. The third-order valence-corrected chi connectivity index (χ3v) is 1.52. The average Bonchev–Trinajstić information content (AvgIpc) is 2.53. The SMILES string of the molecule is Cc1noc(-c2cnncc2N)n1. The van der Waals surface area contributed by atoms with Crippen molar-refractivity contribution in [3.05, 3.63) is 18.2 Å². The molecule has 0 saturated carbocycles. The second kappa shape index (κ2) is 2.81. The minimum atomic E-state index is 0.366. The van der Waals surface area contributed by atoms with Gasteiger partial charge in [-0.2, -0.15) is 15.2 Å². The fourth-order valence-electron chi connectivity index (χ4n) is 0.916. The minimum Gasteiger partial charge on any atom is -0.397 e. The number of nitrogens with zero attached hydrogens (tertiary/aromatic N) is 4. The maximum atomic E-state index is 5.63. The highest BCUT2D eigenvalue weighted by Crippen LogP contribution is 2.21. The number of aryl methyl sites for hydroxylation is 1. The Hall–Kier alpha value is -1.98. The summed E-state index contributed by atoms with van der Waals surface area (Å²) < 4.78 is 4.92. The molecule has 0 atom stereocenters. The van der Waals surface area contributed by atoms with Crippen LogP contribution in [0, 0.1) is 6.92 Å². The van der Waals surface area contributed by atoms with Gasteiger partial charge in [0.1, 0.15) is 0 Å². The van der Waals surface area contributed by atoms with E-state index in [-0.39, 0.29) is 0 Å². The summed E-state index contributed by atoms with van der Waals surface area (Å²) in [5.74, 6) is 0.927. The van der Waals surface area contributed by atoms with Crippen LogP contribution >= 0.6 is 0 Å². The Morgan fingerprint density at radius 2 is 2.08 bits per heavy atom. The lowest BCUT2D eigenvalue weighted by Crippen LogP contribution is -1.93. The summed E-state index contributed by atoms with van der Waals surface area (Å²) in [6.45, 7) is 1.73. The average molecular weight is 177 g/mol. The van der Waals surface area contributed by atoms with Gasteiger partial charge in [-0.05, 0) is 6.92 Å². The van der Waals surface area contributed by atoms with E-state index >= 15 is 0 Å². The van der Waals surface area contributed by atoms with Crippen LogP contribution in [0.1, 0.15) is 5.82 Å². The molecule has 66 valence electrons. The lowest BCUT2D eigenvalue weighted by atomic mass is 10.3. The third-order valence-electron chi connectivity index (χ3n) is 1.52. The van der Waals surface area contributed by atoms with E-state index in [9.17, 15) is 0 Å². The highest BCUT2D eigenvalue weighted by Gasteiger charge is 2.09. The molecular weight excluding hydrogens is 170 g/mol. The van der Waals surface area contributed by atoms with Crippen molar-refractivity contribution in [2.24, 2.45) is 0 Å². The molecule has 2 rings (SSSR count). The predicted molar refractivity (Wildman–Crippen MR) is 44.5 cm³/mol. The van der Waals surface area contributed by atoms with Crippen LogP contribution in [0.2, 0.25) is 0 Å². The molecule has 2 aromatic heterocycles. The highest BCUT2D eigenvalue weighted by molar-refractivity contribution is 5.67. The second-order valence-electron chi connectivity index (χ2n) is 2.50. The largest absolute Gasteiger partial charge is 0.397 e. The Labute approximate surface area is 73.8 Å². The molecule has 2 aromatic rings. The van der Waals surface area contributed by atoms with Crippen LogP contribution in [0.5, 0.6) is 0 Å². The molecule has 6 nitrogen and oxygen atoms in total. The summed E-state index contributed by atoms with van der Waals surface area (Å²) in [5, 5.41) is 10.9. The summed E-state index contributed by atoms with van der Waals surface area (Å²) >= 11 is 0. The molecule has 2 N–H and O–H groups in total. The van der Waals surface area contributed by atoms with E-state index in [1.165, 1.54) is 12.4 Å². The molecule has 0 fully saturated rings. The third kappa shape index (κ3) is 1.33. The van der Waals surface area contributed by atoms with E-state index in [0.717, 1.165) is 0 Å². The molecule has 0 radical (unpaired) electrons. The summed E-state index contributed by atoms with van der Waals surface area (Å²) in [6, 6.07) is 0. The fourth-order valence-corrected chi connectivity index (χ4v) is 0.916. The molecule has 0 bridgehead atoms. The van der Waals surface area contributed by atoms with E-state index in [2.05, 4.69) is 20.3 Å². The van der Waals surface area contributed by atoms with Gasteiger partial charge in [0.2, 0.25) is 0 Å². The van der Waals surface area contributed by atoms with Crippen molar-refractivity contribution in [1.82, 2.24) is 20.3 Å². The smallest absolute Gasteiger partial charge is 0.261 e. The van der Waals surface area contributed by atoms with Gasteiger partial charge in [-0.1, -0.05) is 5.16 Å². The molecule has 6 heteroatoms. The van der Waals surface area contributed by atoms with Crippen molar-refractivity contribution < 1.29 is 4.52 Å². The zero-order valence-electron chi connectivity index (χ0n) is 6.93. The first-order valence-electron chi connectivity index (χ1n) is 3.64. The summed E-state index contributed by atoms with van der Waals surface area (Å²) in [4.78, 5) is 4.02. The molecule has 0 aliphatic carbocycles. The van der Waals surface area contributed by atoms with Gasteiger partial charge in [0, 0.05) is 0 Å². The van der Waals surface area contributed by atoms with Gasteiger partial charge in [0.05, 0.1) is 23.6 Å². The first kappa shape index (κ1) is 7.66. The first-order chi connectivity index (χ1) is 6.27. The van der Waals surface area contributed by atoms with Crippen molar-refractivity contribution in [2.45, 2.75) is 6.92 Å². The Balaban J connectivity index is 2.52. The quantitative estimate of drug-likeness (QED) is 0.678. The van der Waals surface area contributed by atoms with Crippen LogP contribution in [-0.4, -0.2) is 20.3 Å². The van der Waals surface area contributed by atoms with Gasteiger partial charge in [-0.3, -0.25) is 0 Å². The highest BCUT2D eigenvalue weighted by atomic mass is 16.5. The molecular formula is C7H7N5O. The maximum absolute atomic E-state index is 5.63. The second-order valence-corrected chi connectivity index (χ2v) is 2.50. The maximum Gasteiger partial charge on any atom is 0.261 e. The van der Waals surface area contributed by atoms with E-state index in [1.54, 1.807) is 6.92 Å². The fraction of sp³-hybridized carbons (Fsp3) is 0.143. The normalized spacial score (nSPS) is 10.2. The van der Waals surface area contributed by atoms with Crippen LogP contribution in [-0.2, 0) is 0 Å². The van der Waals surface area contributed by atoms with E-state index in [4.69, 9.17) is 10.3 Å². The van der Waals surface area contributed by atoms with E-state index in [0.29, 0.717) is 23.0 Å². The molecule has 0 spiro atoms. The standard InChI is InChI=1S/C7H7N5O/c1-4-11-7(13-12-4)5-2-9-10-3-6(5)8/h2-3H,1H3,(H2,8,9). The topological polar surface area (TPSA) is 90.7 Å². The lowest BCUT2D eigenvalue weighted by Gasteiger charge is -1.95. The van der Waals surface area contributed by atoms with Crippen molar-refractivity contribution in [3.63, 3.8) is 0 Å². The predicted octanol–water partition coefficient (Wildman–Crippen LogP) is 0.417. The molecule has 0 unspecified atom stereocenters. The number of hydrogen-bond acceptors (Lipinski definition) is 6. The van der Waals surface area contributed by atoms with E-state index in [1.807, 2.05) is 0 Å². The molecule has 0 aliphatic heterocycles. The Morgan fingerprint density at radius 1 is 1.31 bits per heavy atom. The van der Waals surface area contributed by atoms with Crippen LogP contribution in [0.15, 0.2) is 16.9 Å². The first-order valence-corrected chi connectivity index (χ1v) is 3.64. The molecule has 13 heavy (non-hydrogen) atoms. The van der Waals surface area contributed by atoms with E-state index < -0.39 is 0 Å². The van der Waals surface area contributed by atoms with Crippen LogP contribution in [0.4, 0.5) is 5.69 Å². The zero-order valence-corrected chi connectivity index (χ0v) is 6.93. The summed E-state index contributed by atoms with van der Waals surface area (Å²) in [6.07, 6.45) is 2.93. The van der Waals surface area contributed by atoms with Gasteiger partial charge < -0.3 is 10.3 Å². The van der Waals surface area contributed by atoms with Crippen molar-refractivity contribution >= 4 is 5.69 Å². The van der Waals surface area contributed by atoms with Crippen LogP contribution in [0.3, 0.4) is 0 Å². The number of hydrogen-bond donors (Lipinski definition) is 1. The monoisotopic (exact) mass is 177 g/mol.